The minimum Gasteiger partial charge on any atom is -0.330 e. The van der Waals surface area contributed by atoms with E-state index in [0.29, 0.717) is 13.1 Å². The third-order valence-corrected chi connectivity index (χ3v) is 6.07. The van der Waals surface area contributed by atoms with E-state index in [-0.39, 0.29) is 12.0 Å². The lowest BCUT2D eigenvalue weighted by Gasteiger charge is -2.38. The molecule has 0 radical (unpaired) electrons. The predicted molar refractivity (Wildman–Crippen MR) is 78.6 cm³/mol. The third-order valence-electron chi connectivity index (χ3n) is 4.13. The summed E-state index contributed by atoms with van der Waals surface area (Å²) < 4.78 is 40.7. The Bertz CT molecular complexity index is 579. The van der Waals surface area contributed by atoms with Gasteiger partial charge in [0.15, 0.2) is 5.82 Å². The summed E-state index contributed by atoms with van der Waals surface area (Å²) in [5.74, 6) is -0.684. The Labute approximate surface area is 125 Å². The molecule has 5 nitrogen and oxygen atoms in total. The van der Waals surface area contributed by atoms with Gasteiger partial charge < -0.3 is 5.73 Å². The lowest BCUT2D eigenvalue weighted by Crippen LogP contribution is -2.48. The van der Waals surface area contributed by atoms with Crippen molar-refractivity contribution in [3.05, 3.63) is 24.1 Å². The average molecular weight is 315 g/mol. The van der Waals surface area contributed by atoms with Crippen molar-refractivity contribution < 1.29 is 12.8 Å². The van der Waals surface area contributed by atoms with E-state index in [1.54, 1.807) is 6.92 Å². The molecule has 0 amide bonds. The van der Waals surface area contributed by atoms with Gasteiger partial charge in [0.1, 0.15) is 0 Å². The molecule has 2 rings (SSSR count). The highest BCUT2D eigenvalue weighted by Gasteiger charge is 2.37. The number of nitrogens with two attached hydrogens (primary N) is 1. The van der Waals surface area contributed by atoms with Crippen LogP contribution in [0.1, 0.15) is 32.6 Å². The first-order valence-corrected chi connectivity index (χ1v) is 8.78. The molecule has 2 unspecified atom stereocenters. The number of halogens is 1. The van der Waals surface area contributed by atoms with Crippen molar-refractivity contribution in [3.63, 3.8) is 0 Å². The lowest BCUT2D eigenvalue weighted by atomic mass is 9.84. The minimum absolute atomic E-state index is 0.125. The zero-order chi connectivity index (χ0) is 15.5. The molecule has 1 heterocycles. The highest BCUT2D eigenvalue weighted by Crippen LogP contribution is 2.31. The van der Waals surface area contributed by atoms with Gasteiger partial charge in [-0.1, -0.05) is 19.8 Å². The van der Waals surface area contributed by atoms with Crippen molar-refractivity contribution in [2.24, 2.45) is 11.7 Å². The summed E-state index contributed by atoms with van der Waals surface area (Å²) in [5.41, 5.74) is 5.79. The van der Waals surface area contributed by atoms with Crippen LogP contribution < -0.4 is 5.73 Å². The van der Waals surface area contributed by atoms with Gasteiger partial charge in [-0.3, -0.25) is 0 Å². The summed E-state index contributed by atoms with van der Waals surface area (Å²) in [4.78, 5) is 3.73. The molecule has 7 heteroatoms. The van der Waals surface area contributed by atoms with Gasteiger partial charge >= 0.3 is 0 Å². The molecule has 1 aliphatic rings. The van der Waals surface area contributed by atoms with Crippen LogP contribution in [0.15, 0.2) is 23.4 Å². The van der Waals surface area contributed by atoms with Crippen LogP contribution in [0, 0.1) is 11.7 Å². The maximum absolute atomic E-state index is 13.8. The van der Waals surface area contributed by atoms with Gasteiger partial charge in [-0.25, -0.2) is 17.8 Å². The Morgan fingerprint density at radius 1 is 1.43 bits per heavy atom. The molecule has 1 aliphatic carbocycles. The number of rotatable bonds is 5. The van der Waals surface area contributed by atoms with Crippen LogP contribution in [0.4, 0.5) is 4.39 Å². The number of sulfonamides is 1. The molecule has 2 atom stereocenters. The first kappa shape index (κ1) is 16.3. The van der Waals surface area contributed by atoms with Crippen LogP contribution in [0.5, 0.6) is 0 Å². The first-order chi connectivity index (χ1) is 10.0. The highest BCUT2D eigenvalue weighted by atomic mass is 32.2. The minimum atomic E-state index is -3.93. The Morgan fingerprint density at radius 2 is 2.14 bits per heavy atom. The molecule has 0 aromatic carbocycles. The molecule has 0 spiro atoms. The molecule has 0 aliphatic heterocycles. The second kappa shape index (κ2) is 6.81. The second-order valence-electron chi connectivity index (χ2n) is 5.35. The van der Waals surface area contributed by atoms with Gasteiger partial charge in [-0.2, -0.15) is 4.31 Å². The van der Waals surface area contributed by atoms with Crippen molar-refractivity contribution in [3.8, 4) is 0 Å². The van der Waals surface area contributed by atoms with Gasteiger partial charge in [0.05, 0.1) is 0 Å². The second-order valence-corrected chi connectivity index (χ2v) is 7.15. The number of pyridine rings is 1. The molecule has 1 saturated carbocycles. The summed E-state index contributed by atoms with van der Waals surface area (Å²) >= 11 is 0. The zero-order valence-electron chi connectivity index (χ0n) is 12.2. The average Bonchev–Trinajstić information content (AvgIpc) is 2.48. The van der Waals surface area contributed by atoms with Crippen molar-refractivity contribution >= 4 is 10.0 Å². The molecule has 2 N–H and O–H groups in total. The van der Waals surface area contributed by atoms with E-state index in [0.717, 1.165) is 31.7 Å². The monoisotopic (exact) mass is 315 g/mol. The molecular formula is C14H22FN3O2S. The van der Waals surface area contributed by atoms with Gasteiger partial charge in [0.25, 0.3) is 10.0 Å². The summed E-state index contributed by atoms with van der Waals surface area (Å²) in [6.45, 7) is 2.50. The van der Waals surface area contributed by atoms with E-state index in [1.165, 1.54) is 16.6 Å². The smallest absolute Gasteiger partial charge is 0.263 e. The zero-order valence-corrected chi connectivity index (χ0v) is 13.0. The molecule has 1 aromatic heterocycles. The van der Waals surface area contributed by atoms with Crippen LogP contribution in [0.2, 0.25) is 0 Å². The van der Waals surface area contributed by atoms with Gasteiger partial charge in [-0.15, -0.1) is 0 Å². The Morgan fingerprint density at radius 3 is 2.76 bits per heavy atom. The SMILES string of the molecule is CCN(C1CCCCC1CN)S(=O)(=O)c1ncccc1F. The third kappa shape index (κ3) is 3.25. The fourth-order valence-electron chi connectivity index (χ4n) is 3.10. The standard InChI is InChI=1S/C14H22FN3O2S/c1-2-18(13-8-4-3-6-11(13)10-16)21(19,20)14-12(15)7-5-9-17-14/h5,7,9,11,13H,2-4,6,8,10,16H2,1H3. The summed E-state index contributed by atoms with van der Waals surface area (Å²) in [6, 6.07) is 2.34. The van der Waals surface area contributed by atoms with Crippen LogP contribution in [0.25, 0.3) is 0 Å². The molecule has 1 aromatic rings. The predicted octanol–water partition coefficient (Wildman–Crippen LogP) is 1.75. The Balaban J connectivity index is 2.38. The van der Waals surface area contributed by atoms with E-state index >= 15 is 0 Å². The van der Waals surface area contributed by atoms with Crippen LogP contribution >= 0.6 is 0 Å². The van der Waals surface area contributed by atoms with E-state index in [4.69, 9.17) is 5.73 Å². The maximum Gasteiger partial charge on any atom is 0.263 e. The van der Waals surface area contributed by atoms with Gasteiger partial charge in [0, 0.05) is 18.8 Å². The van der Waals surface area contributed by atoms with E-state index in [9.17, 15) is 12.8 Å². The topological polar surface area (TPSA) is 76.3 Å². The molecule has 118 valence electrons. The molecule has 0 bridgehead atoms. The van der Waals surface area contributed by atoms with Gasteiger partial charge in [0.2, 0.25) is 5.03 Å². The maximum atomic E-state index is 13.8. The Kier molecular flexibility index (Phi) is 5.29. The van der Waals surface area contributed by atoms with Crippen molar-refractivity contribution in [2.75, 3.05) is 13.1 Å². The van der Waals surface area contributed by atoms with Crippen LogP contribution in [-0.2, 0) is 10.0 Å². The fraction of sp³-hybridized carbons (Fsp3) is 0.643. The van der Waals surface area contributed by atoms with Gasteiger partial charge in [-0.05, 0) is 37.4 Å². The normalized spacial score (nSPS) is 23.4. The number of aromatic nitrogens is 1. The van der Waals surface area contributed by atoms with Crippen LogP contribution in [-0.4, -0.2) is 36.8 Å². The summed E-state index contributed by atoms with van der Waals surface area (Å²) in [6.07, 6.45) is 5.01. The largest absolute Gasteiger partial charge is 0.330 e. The van der Waals surface area contributed by atoms with Crippen molar-refractivity contribution in [1.82, 2.24) is 9.29 Å². The van der Waals surface area contributed by atoms with E-state index in [1.807, 2.05) is 0 Å². The number of hydrogen-bond acceptors (Lipinski definition) is 4. The first-order valence-electron chi connectivity index (χ1n) is 7.34. The van der Waals surface area contributed by atoms with E-state index < -0.39 is 20.9 Å². The van der Waals surface area contributed by atoms with E-state index in [2.05, 4.69) is 4.98 Å². The quantitative estimate of drug-likeness (QED) is 0.898. The summed E-state index contributed by atoms with van der Waals surface area (Å²) in [5, 5.41) is -0.492. The molecule has 1 fully saturated rings. The molecule has 0 saturated heterocycles. The fourth-order valence-corrected chi connectivity index (χ4v) is 4.80. The number of nitrogens with zero attached hydrogens (tertiary/aromatic N) is 2. The van der Waals surface area contributed by atoms with Crippen molar-refractivity contribution in [1.29, 1.82) is 0 Å². The van der Waals surface area contributed by atoms with Crippen molar-refractivity contribution in [2.45, 2.75) is 43.7 Å². The molecule has 21 heavy (non-hydrogen) atoms. The van der Waals surface area contributed by atoms with Crippen LogP contribution in [0.3, 0.4) is 0 Å². The lowest BCUT2D eigenvalue weighted by molar-refractivity contribution is 0.187. The summed E-state index contributed by atoms with van der Waals surface area (Å²) in [7, 11) is -3.93. The molecular weight excluding hydrogens is 293 g/mol. The number of hydrogen-bond donors (Lipinski definition) is 1. The Hall–Kier alpha value is -1.05. The highest BCUT2D eigenvalue weighted by molar-refractivity contribution is 7.89.